The summed E-state index contributed by atoms with van der Waals surface area (Å²) in [5, 5.41) is 20.8. The molecule has 3 aromatic carbocycles. The molecule has 4 aromatic rings. The zero-order valence-corrected chi connectivity index (χ0v) is 26.5. The first-order valence-electron chi connectivity index (χ1n) is 15.2. The van der Waals surface area contributed by atoms with Crippen LogP contribution in [0.1, 0.15) is 64.7 Å². The quantitative estimate of drug-likeness (QED) is 0.162. The van der Waals surface area contributed by atoms with Crippen LogP contribution >= 0.6 is 0 Å². The fourth-order valence-electron chi connectivity index (χ4n) is 5.14. The van der Waals surface area contributed by atoms with Crippen LogP contribution in [0, 0.1) is 6.92 Å². The van der Waals surface area contributed by atoms with Crippen molar-refractivity contribution in [2.24, 2.45) is 5.73 Å². The molecule has 0 saturated carbocycles. The van der Waals surface area contributed by atoms with Crippen LogP contribution in [0.15, 0.2) is 84.9 Å². The Kier molecular flexibility index (Phi) is 10.9. The van der Waals surface area contributed by atoms with Crippen molar-refractivity contribution in [3.8, 4) is 0 Å². The van der Waals surface area contributed by atoms with E-state index in [2.05, 4.69) is 20.9 Å². The monoisotopic (exact) mass is 623 g/mol. The molecule has 0 spiro atoms. The Bertz CT molecular complexity index is 1720. The minimum atomic E-state index is -1.32. The molecule has 0 saturated heterocycles. The largest absolute Gasteiger partial charge is 0.391 e. The van der Waals surface area contributed by atoms with Crippen LogP contribution in [0.5, 0.6) is 0 Å². The summed E-state index contributed by atoms with van der Waals surface area (Å²) in [5.74, 6) is -2.41. The highest BCUT2D eigenvalue weighted by atomic mass is 16.3. The molecule has 240 valence electrons. The lowest BCUT2D eigenvalue weighted by molar-refractivity contribution is -0.128. The van der Waals surface area contributed by atoms with E-state index in [1.165, 1.54) is 0 Å². The standard InChI is InChI=1S/C36H41N5O5/c1-22-14-16-27-25(18-22)15-17-28(38-27)34(45)40-30(21-32(37)43)35(46)39-29(19-23-10-6-5-7-11-23)31(42)20-24-12-8-9-13-26(24)33(44)41-36(2,3)4/h5-18,29-31,42H,19-21H2,1-4H3,(H2,37,43)(H,39,46)(H,40,45)(H,41,44)/t29?,30-,31+/m0/s1. The number of carbonyl (C=O) groups excluding carboxylic acids is 4. The third-order valence-electron chi connectivity index (χ3n) is 7.37. The second-order valence-electron chi connectivity index (χ2n) is 12.5. The number of aliphatic hydroxyl groups excluding tert-OH is 1. The molecule has 1 aromatic heterocycles. The Labute approximate surface area is 268 Å². The Morgan fingerprint density at radius 3 is 2.24 bits per heavy atom. The van der Waals surface area contributed by atoms with Gasteiger partial charge in [0.1, 0.15) is 11.7 Å². The summed E-state index contributed by atoms with van der Waals surface area (Å²) >= 11 is 0. The first-order chi connectivity index (χ1) is 21.8. The average molecular weight is 624 g/mol. The number of nitrogens with two attached hydrogens (primary N) is 1. The van der Waals surface area contributed by atoms with Gasteiger partial charge in [-0.25, -0.2) is 4.98 Å². The van der Waals surface area contributed by atoms with E-state index in [1.807, 2.05) is 70.2 Å². The van der Waals surface area contributed by atoms with Gasteiger partial charge in [-0.3, -0.25) is 19.2 Å². The van der Waals surface area contributed by atoms with E-state index in [-0.39, 0.29) is 24.4 Å². The first-order valence-corrected chi connectivity index (χ1v) is 15.2. The first kappa shape index (κ1) is 33.8. The summed E-state index contributed by atoms with van der Waals surface area (Å²) in [7, 11) is 0. The van der Waals surface area contributed by atoms with Gasteiger partial charge in [0.05, 0.1) is 24.1 Å². The highest BCUT2D eigenvalue weighted by Crippen LogP contribution is 2.18. The number of primary amides is 1. The van der Waals surface area contributed by atoms with Crippen molar-refractivity contribution in [2.75, 3.05) is 0 Å². The average Bonchev–Trinajstić information content (AvgIpc) is 2.99. The van der Waals surface area contributed by atoms with E-state index in [0.29, 0.717) is 16.6 Å². The maximum Gasteiger partial charge on any atom is 0.270 e. The van der Waals surface area contributed by atoms with Crippen molar-refractivity contribution in [3.63, 3.8) is 0 Å². The third-order valence-corrected chi connectivity index (χ3v) is 7.37. The molecule has 4 amide bonds. The third kappa shape index (κ3) is 9.45. The summed E-state index contributed by atoms with van der Waals surface area (Å²) in [5.41, 5.74) is 8.59. The Morgan fingerprint density at radius 1 is 0.848 bits per heavy atom. The van der Waals surface area contributed by atoms with E-state index in [0.717, 1.165) is 16.5 Å². The number of aryl methyl sites for hydroxylation is 1. The van der Waals surface area contributed by atoms with Crippen LogP contribution in [0.3, 0.4) is 0 Å². The molecule has 6 N–H and O–H groups in total. The second-order valence-corrected chi connectivity index (χ2v) is 12.5. The van der Waals surface area contributed by atoms with Gasteiger partial charge in [0.15, 0.2) is 0 Å². The summed E-state index contributed by atoms with van der Waals surface area (Å²) in [6, 6.07) is 23.0. The van der Waals surface area contributed by atoms with E-state index in [9.17, 15) is 24.3 Å². The Balaban J connectivity index is 1.56. The zero-order chi connectivity index (χ0) is 33.4. The van der Waals surface area contributed by atoms with Crippen molar-refractivity contribution in [1.29, 1.82) is 0 Å². The second kappa shape index (κ2) is 14.8. The van der Waals surface area contributed by atoms with Crippen molar-refractivity contribution in [2.45, 2.75) is 70.7 Å². The number of aromatic nitrogens is 1. The summed E-state index contributed by atoms with van der Waals surface area (Å²) in [4.78, 5) is 56.3. The molecule has 0 radical (unpaired) electrons. The maximum absolute atomic E-state index is 13.7. The molecule has 3 atom stereocenters. The zero-order valence-electron chi connectivity index (χ0n) is 26.5. The van der Waals surface area contributed by atoms with E-state index >= 15 is 0 Å². The molecule has 10 nitrogen and oxygen atoms in total. The van der Waals surface area contributed by atoms with Crippen LogP contribution in [-0.4, -0.2) is 57.4 Å². The number of carbonyl (C=O) groups is 4. The van der Waals surface area contributed by atoms with Gasteiger partial charge in [-0.05, 0) is 69.5 Å². The van der Waals surface area contributed by atoms with Gasteiger partial charge in [-0.2, -0.15) is 0 Å². The fraction of sp³-hybridized carbons (Fsp3) is 0.306. The molecule has 0 aliphatic carbocycles. The Morgan fingerprint density at radius 2 is 1.54 bits per heavy atom. The number of nitrogens with one attached hydrogen (secondary N) is 3. The molecule has 4 rings (SSSR count). The number of amides is 4. The van der Waals surface area contributed by atoms with Crippen molar-refractivity contribution in [1.82, 2.24) is 20.9 Å². The van der Waals surface area contributed by atoms with Gasteiger partial charge in [-0.15, -0.1) is 0 Å². The highest BCUT2D eigenvalue weighted by Gasteiger charge is 2.30. The van der Waals surface area contributed by atoms with E-state index in [1.54, 1.807) is 42.5 Å². The number of hydrogen-bond acceptors (Lipinski definition) is 6. The molecule has 46 heavy (non-hydrogen) atoms. The summed E-state index contributed by atoms with van der Waals surface area (Å²) < 4.78 is 0. The van der Waals surface area contributed by atoms with Crippen molar-refractivity contribution in [3.05, 3.63) is 113 Å². The molecular formula is C36H41N5O5. The highest BCUT2D eigenvalue weighted by molar-refractivity contribution is 5.99. The fourth-order valence-corrected chi connectivity index (χ4v) is 5.14. The number of rotatable bonds is 12. The molecule has 0 aliphatic rings. The summed E-state index contributed by atoms with van der Waals surface area (Å²) in [6.07, 6.45) is -1.30. The van der Waals surface area contributed by atoms with Gasteiger partial charge in [0.25, 0.3) is 11.8 Å². The molecule has 10 heteroatoms. The van der Waals surface area contributed by atoms with Gasteiger partial charge >= 0.3 is 0 Å². The van der Waals surface area contributed by atoms with Crippen molar-refractivity contribution < 1.29 is 24.3 Å². The van der Waals surface area contributed by atoms with Gasteiger partial charge in [-0.1, -0.05) is 66.2 Å². The van der Waals surface area contributed by atoms with Crippen LogP contribution in [0.25, 0.3) is 10.9 Å². The molecule has 0 aliphatic heterocycles. The van der Waals surface area contributed by atoms with Crippen LogP contribution in [0.4, 0.5) is 0 Å². The predicted molar refractivity (Wildman–Crippen MR) is 177 cm³/mol. The Hall–Kier alpha value is -5.09. The van der Waals surface area contributed by atoms with Crippen LogP contribution in [-0.2, 0) is 22.4 Å². The number of pyridine rings is 1. The van der Waals surface area contributed by atoms with Gasteiger partial charge < -0.3 is 26.8 Å². The number of benzene rings is 3. The SMILES string of the molecule is Cc1ccc2nc(C(=O)N[C@@H](CC(N)=O)C(=O)NC(Cc3ccccc3)[C@H](O)Cc3ccccc3C(=O)NC(C)(C)C)ccc2c1. The lowest BCUT2D eigenvalue weighted by atomic mass is 9.93. The predicted octanol–water partition coefficient (Wildman–Crippen LogP) is 3.38. The van der Waals surface area contributed by atoms with Crippen LogP contribution < -0.4 is 21.7 Å². The summed E-state index contributed by atoms with van der Waals surface area (Å²) in [6.45, 7) is 7.60. The minimum absolute atomic E-state index is 0.0544. The molecule has 1 unspecified atom stereocenters. The molecule has 0 fully saturated rings. The number of hydrogen-bond donors (Lipinski definition) is 5. The molecule has 1 heterocycles. The maximum atomic E-state index is 13.7. The topological polar surface area (TPSA) is 164 Å². The normalized spacial score (nSPS) is 13.3. The van der Waals surface area contributed by atoms with Crippen LogP contribution in [0.2, 0.25) is 0 Å². The van der Waals surface area contributed by atoms with Gasteiger partial charge in [0, 0.05) is 22.9 Å². The number of aliphatic hydroxyl groups is 1. The lowest BCUT2D eigenvalue weighted by Gasteiger charge is -2.28. The van der Waals surface area contributed by atoms with E-state index in [4.69, 9.17) is 5.73 Å². The number of nitrogens with zero attached hydrogens (tertiary/aromatic N) is 1. The minimum Gasteiger partial charge on any atom is -0.391 e. The molecular weight excluding hydrogens is 582 g/mol. The van der Waals surface area contributed by atoms with Gasteiger partial charge in [0.2, 0.25) is 11.8 Å². The smallest absolute Gasteiger partial charge is 0.270 e. The lowest BCUT2D eigenvalue weighted by Crippen LogP contribution is -2.54. The van der Waals surface area contributed by atoms with Crippen molar-refractivity contribution >= 4 is 34.5 Å². The number of fused-ring (bicyclic) bond motifs is 1. The molecule has 0 bridgehead atoms. The van der Waals surface area contributed by atoms with E-state index < -0.39 is 47.9 Å².